The molecule has 0 radical (unpaired) electrons. The van der Waals surface area contributed by atoms with Crippen molar-refractivity contribution in [3.63, 3.8) is 0 Å². The highest BCUT2D eigenvalue weighted by Crippen LogP contribution is 2.32. The van der Waals surface area contributed by atoms with E-state index in [4.69, 9.17) is 0 Å². The van der Waals surface area contributed by atoms with Crippen molar-refractivity contribution in [3.05, 3.63) is 51.7 Å². The number of piperidine rings is 1. The number of hydrogen-bond donors (Lipinski definition) is 2. The molecular formula is C21H24N6O3S. The van der Waals surface area contributed by atoms with Gasteiger partial charge in [-0.05, 0) is 42.3 Å². The number of fused-ring (bicyclic) bond motifs is 1. The second-order valence-corrected chi connectivity index (χ2v) is 8.59. The minimum atomic E-state index is -0.409. The number of amides is 1. The second kappa shape index (κ2) is 9.25. The van der Waals surface area contributed by atoms with Crippen LogP contribution in [0.25, 0.3) is 10.2 Å². The first-order valence-corrected chi connectivity index (χ1v) is 11.1. The lowest BCUT2D eigenvalue weighted by atomic mass is 9.99. The van der Waals surface area contributed by atoms with Crippen LogP contribution in [0.5, 0.6) is 0 Å². The molecular weight excluding hydrogens is 416 g/mol. The van der Waals surface area contributed by atoms with Crippen molar-refractivity contribution in [1.82, 2.24) is 15.3 Å². The predicted octanol–water partition coefficient (Wildman–Crippen LogP) is 3.68. The molecule has 1 amide bonds. The molecule has 1 atom stereocenters. The van der Waals surface area contributed by atoms with Crippen LogP contribution in [0.1, 0.15) is 30.1 Å². The largest absolute Gasteiger partial charge is 0.368 e. The van der Waals surface area contributed by atoms with Crippen LogP contribution in [0.15, 0.2) is 36.0 Å². The van der Waals surface area contributed by atoms with Gasteiger partial charge in [-0.1, -0.05) is 6.92 Å². The minimum absolute atomic E-state index is 0.0271. The highest BCUT2D eigenvalue weighted by molar-refractivity contribution is 7.16. The van der Waals surface area contributed by atoms with Crippen LogP contribution in [0.4, 0.5) is 17.2 Å². The Bertz CT molecular complexity index is 1100. The molecule has 1 aliphatic heterocycles. The van der Waals surface area contributed by atoms with Gasteiger partial charge in [0.25, 0.3) is 11.6 Å². The van der Waals surface area contributed by atoms with Crippen LogP contribution in [-0.4, -0.2) is 47.0 Å². The van der Waals surface area contributed by atoms with Crippen LogP contribution >= 0.6 is 11.3 Å². The van der Waals surface area contributed by atoms with Crippen molar-refractivity contribution in [3.8, 4) is 0 Å². The molecule has 10 heteroatoms. The van der Waals surface area contributed by atoms with Crippen molar-refractivity contribution in [2.24, 2.45) is 5.92 Å². The molecule has 0 saturated carbocycles. The number of rotatable bonds is 7. The van der Waals surface area contributed by atoms with E-state index < -0.39 is 4.92 Å². The zero-order chi connectivity index (χ0) is 21.8. The fourth-order valence-electron chi connectivity index (χ4n) is 3.88. The third-order valence-corrected chi connectivity index (χ3v) is 6.22. The third kappa shape index (κ3) is 4.74. The van der Waals surface area contributed by atoms with Crippen LogP contribution < -0.4 is 15.5 Å². The van der Waals surface area contributed by atoms with Crippen molar-refractivity contribution in [2.75, 3.05) is 36.4 Å². The number of nitrogens with one attached hydrogen (secondary N) is 2. The van der Waals surface area contributed by atoms with E-state index >= 15 is 0 Å². The zero-order valence-electron chi connectivity index (χ0n) is 17.2. The van der Waals surface area contributed by atoms with Crippen molar-refractivity contribution in [1.29, 1.82) is 0 Å². The summed E-state index contributed by atoms with van der Waals surface area (Å²) in [6.07, 6.45) is 3.65. The molecule has 0 bridgehead atoms. The van der Waals surface area contributed by atoms with Crippen molar-refractivity contribution >= 4 is 44.7 Å². The number of aromatic nitrogens is 2. The van der Waals surface area contributed by atoms with Crippen molar-refractivity contribution < 1.29 is 9.72 Å². The Balaban J connectivity index is 1.38. The van der Waals surface area contributed by atoms with E-state index in [1.54, 1.807) is 12.1 Å². The first kappa shape index (κ1) is 21.0. The van der Waals surface area contributed by atoms with E-state index in [1.807, 2.05) is 16.3 Å². The van der Waals surface area contributed by atoms with Gasteiger partial charge in [-0.2, -0.15) is 0 Å². The summed E-state index contributed by atoms with van der Waals surface area (Å²) in [6, 6.07) is 6.67. The van der Waals surface area contributed by atoms with Gasteiger partial charge < -0.3 is 15.5 Å². The Morgan fingerprint density at radius 2 is 2.19 bits per heavy atom. The Hall–Kier alpha value is -3.27. The van der Waals surface area contributed by atoms with Gasteiger partial charge in [0.2, 0.25) is 0 Å². The molecule has 2 aromatic heterocycles. The molecule has 1 fully saturated rings. The summed E-state index contributed by atoms with van der Waals surface area (Å²) in [6.45, 7) is 4.56. The van der Waals surface area contributed by atoms with Crippen LogP contribution in [-0.2, 0) is 0 Å². The van der Waals surface area contributed by atoms with E-state index in [0.717, 1.165) is 42.0 Å². The number of nitro benzene ring substituents is 1. The van der Waals surface area contributed by atoms with E-state index in [2.05, 4.69) is 27.5 Å². The zero-order valence-corrected chi connectivity index (χ0v) is 18.0. The summed E-state index contributed by atoms with van der Waals surface area (Å²) < 4.78 is 0. The molecule has 1 aliphatic rings. The second-order valence-electron chi connectivity index (χ2n) is 7.70. The number of carbonyl (C=O) groups is 1. The number of hydrogen-bond acceptors (Lipinski definition) is 8. The third-order valence-electron chi connectivity index (χ3n) is 5.40. The Kier molecular flexibility index (Phi) is 6.26. The average Bonchev–Trinajstić information content (AvgIpc) is 3.26. The highest BCUT2D eigenvalue weighted by Gasteiger charge is 2.25. The van der Waals surface area contributed by atoms with E-state index in [9.17, 15) is 14.9 Å². The molecule has 0 spiro atoms. The van der Waals surface area contributed by atoms with Gasteiger partial charge in [-0.25, -0.2) is 9.97 Å². The Morgan fingerprint density at radius 1 is 1.32 bits per heavy atom. The maximum absolute atomic E-state index is 12.5. The van der Waals surface area contributed by atoms with E-state index in [1.165, 1.54) is 23.7 Å². The fourth-order valence-corrected chi connectivity index (χ4v) is 4.61. The Labute approximate surface area is 183 Å². The van der Waals surface area contributed by atoms with Gasteiger partial charge in [-0.3, -0.25) is 14.9 Å². The number of carbonyl (C=O) groups excluding carboxylic acids is 1. The van der Waals surface area contributed by atoms with E-state index in [-0.39, 0.29) is 17.2 Å². The average molecular weight is 441 g/mol. The number of anilines is 2. The lowest BCUT2D eigenvalue weighted by Gasteiger charge is -2.32. The first-order valence-electron chi connectivity index (χ1n) is 10.3. The smallest absolute Gasteiger partial charge is 0.293 e. The number of nitrogens with zero attached hydrogens (tertiary/aromatic N) is 4. The summed E-state index contributed by atoms with van der Waals surface area (Å²) in [5.74, 6) is 0.872. The monoisotopic (exact) mass is 440 g/mol. The van der Waals surface area contributed by atoms with Gasteiger partial charge in [0.05, 0.1) is 10.3 Å². The highest BCUT2D eigenvalue weighted by atomic mass is 32.1. The lowest BCUT2D eigenvalue weighted by molar-refractivity contribution is -0.384. The summed E-state index contributed by atoms with van der Waals surface area (Å²) >= 11 is 1.54. The number of nitro groups is 1. The quantitative estimate of drug-likeness (QED) is 0.327. The Morgan fingerprint density at radius 3 is 3.00 bits per heavy atom. The summed E-state index contributed by atoms with van der Waals surface area (Å²) in [5.41, 5.74) is 0.835. The first-order chi connectivity index (χ1) is 15.0. The van der Waals surface area contributed by atoms with Crippen molar-refractivity contribution in [2.45, 2.75) is 19.8 Å². The molecule has 1 saturated heterocycles. The topological polar surface area (TPSA) is 113 Å². The molecule has 9 nitrogen and oxygen atoms in total. The van der Waals surface area contributed by atoms with Crippen LogP contribution in [0, 0.1) is 16.0 Å². The fraction of sp³-hybridized carbons (Fsp3) is 0.381. The molecule has 3 aromatic rings. The van der Waals surface area contributed by atoms with Crippen LogP contribution in [0.3, 0.4) is 0 Å². The standard InChI is InChI=1S/C21H24N6O3S/c1-14-3-2-9-26(12-14)17-5-4-15(11-18(17)27(29)30)20(28)23-8-7-22-19-16-6-10-31-21(16)25-13-24-19/h4-6,10-11,13-14H,2-3,7-9,12H2,1H3,(H,23,28)(H,22,24,25)/t14-/m1/s1. The molecule has 4 rings (SSSR count). The summed E-state index contributed by atoms with van der Waals surface area (Å²) in [5, 5.41) is 20.5. The minimum Gasteiger partial charge on any atom is -0.368 e. The molecule has 3 heterocycles. The van der Waals surface area contributed by atoms with Gasteiger partial charge in [0, 0.05) is 37.8 Å². The molecule has 162 valence electrons. The van der Waals surface area contributed by atoms with E-state index in [0.29, 0.717) is 24.7 Å². The number of thiophene rings is 1. The summed E-state index contributed by atoms with van der Waals surface area (Å²) in [7, 11) is 0. The molecule has 1 aromatic carbocycles. The van der Waals surface area contributed by atoms with Gasteiger partial charge in [0.15, 0.2) is 0 Å². The lowest BCUT2D eigenvalue weighted by Crippen LogP contribution is -2.34. The predicted molar refractivity (Wildman–Crippen MR) is 122 cm³/mol. The van der Waals surface area contributed by atoms with Gasteiger partial charge in [-0.15, -0.1) is 11.3 Å². The maximum atomic E-state index is 12.5. The molecule has 2 N–H and O–H groups in total. The summed E-state index contributed by atoms with van der Waals surface area (Å²) in [4.78, 5) is 35.2. The SMILES string of the molecule is C[C@@H]1CCCN(c2ccc(C(=O)NCCNc3ncnc4sccc34)cc2[N+](=O)[O-])C1. The number of benzene rings is 1. The molecule has 0 unspecified atom stereocenters. The van der Waals surface area contributed by atoms with Gasteiger partial charge in [0.1, 0.15) is 22.7 Å². The molecule has 0 aliphatic carbocycles. The van der Waals surface area contributed by atoms with Crippen LogP contribution in [0.2, 0.25) is 0 Å². The maximum Gasteiger partial charge on any atom is 0.293 e. The molecule has 31 heavy (non-hydrogen) atoms. The normalized spacial score (nSPS) is 16.3. The van der Waals surface area contributed by atoms with Gasteiger partial charge >= 0.3 is 0 Å².